The summed E-state index contributed by atoms with van der Waals surface area (Å²) in [5.74, 6) is -1.00. The number of pyridine rings is 1. The van der Waals surface area contributed by atoms with Gasteiger partial charge in [0.1, 0.15) is 5.52 Å². The number of β-amino-alcohol motifs (C(OH)–C–C–N with tert-alkyl or cyclic N) is 1. The summed E-state index contributed by atoms with van der Waals surface area (Å²) in [6.07, 6.45) is 5.27. The van der Waals surface area contributed by atoms with Gasteiger partial charge in [-0.05, 0) is 117 Å². The molecule has 2 aliphatic heterocycles. The third-order valence-electron chi connectivity index (χ3n) is 13.8. The van der Waals surface area contributed by atoms with Gasteiger partial charge < -0.3 is 25.4 Å². The van der Waals surface area contributed by atoms with Crippen LogP contribution in [0.4, 0.5) is 26.0 Å². The number of rotatable bonds is 12. The molecular weight excluding hydrogens is 769 g/mol. The molecule has 3 aromatic heterocycles. The first-order valence-electron chi connectivity index (χ1n) is 20.9. The largest absolute Gasteiger partial charge is 0.481 e. The number of aliphatic hydroxyl groups excluding tert-OH is 1. The number of aliphatic hydroxyl groups is 1. The van der Waals surface area contributed by atoms with Crippen LogP contribution in [0.25, 0.3) is 22.2 Å². The summed E-state index contributed by atoms with van der Waals surface area (Å²) in [5, 5.41) is 26.2. The van der Waals surface area contributed by atoms with Crippen LogP contribution in [0.2, 0.25) is 0 Å². The Morgan fingerprint density at radius 2 is 1.70 bits per heavy atom. The Hall–Kier alpha value is -5.38. The topological polar surface area (TPSA) is 162 Å². The highest BCUT2D eigenvalue weighted by molar-refractivity contribution is 6.03. The summed E-state index contributed by atoms with van der Waals surface area (Å²) in [6.45, 7) is 8.14. The quantitative estimate of drug-likeness (QED) is 0.0998. The fourth-order valence-electron chi connectivity index (χ4n) is 10.3. The van der Waals surface area contributed by atoms with Crippen LogP contribution in [-0.4, -0.2) is 88.7 Å². The minimum atomic E-state index is -2.89. The fraction of sp³-hybridized carbons (Fsp3) is 0.467. The Labute approximate surface area is 347 Å². The second-order valence-corrected chi connectivity index (χ2v) is 17.6. The molecule has 4 N–H and O–H groups in total. The van der Waals surface area contributed by atoms with Crippen molar-refractivity contribution in [3.63, 3.8) is 0 Å². The lowest BCUT2D eigenvalue weighted by Crippen LogP contribution is -2.34. The van der Waals surface area contributed by atoms with E-state index in [0.717, 1.165) is 104 Å². The monoisotopic (exact) mass is 819 g/mol. The SMILES string of the molecule is Cc1c(NC(=O)c2nc3c(n2C)CCN(CCC24CCC(C(=O)O)(CC2)C4)C3)cccc1-c1cccc(Nc2nc(C(F)F)nc3cc(CN4CC[C@@H](O)C4)cnc23)c1C. The van der Waals surface area contributed by atoms with Crippen molar-refractivity contribution in [1.82, 2.24) is 34.3 Å². The van der Waals surface area contributed by atoms with Crippen LogP contribution in [0.3, 0.4) is 0 Å². The maximum atomic E-state index is 14.1. The number of nitrogens with one attached hydrogen (secondary N) is 2. The molecule has 13 nitrogen and oxygen atoms in total. The average Bonchev–Trinajstić information content (AvgIpc) is 4.01. The van der Waals surface area contributed by atoms with Gasteiger partial charge in [-0.3, -0.25) is 24.4 Å². The van der Waals surface area contributed by atoms with Crippen LogP contribution >= 0.6 is 0 Å². The number of likely N-dealkylation sites (tertiary alicyclic amines) is 1. The van der Waals surface area contributed by atoms with E-state index in [9.17, 15) is 28.6 Å². The van der Waals surface area contributed by atoms with Crippen LogP contribution in [0.5, 0.6) is 0 Å². The van der Waals surface area contributed by atoms with Gasteiger partial charge in [0.25, 0.3) is 12.3 Å². The number of alkyl halides is 2. The first-order chi connectivity index (χ1) is 28.8. The van der Waals surface area contributed by atoms with E-state index in [2.05, 4.69) is 35.4 Å². The van der Waals surface area contributed by atoms with Gasteiger partial charge in [0, 0.05) is 69.5 Å². The first kappa shape index (κ1) is 40.0. The number of amides is 1. The number of carbonyl (C=O) groups excluding carboxylic acids is 1. The summed E-state index contributed by atoms with van der Waals surface area (Å²) in [5.41, 5.74) is 7.86. The molecule has 1 saturated heterocycles. The molecule has 2 bridgehead atoms. The first-order valence-corrected chi connectivity index (χ1v) is 20.9. The summed E-state index contributed by atoms with van der Waals surface area (Å²) < 4.78 is 30.1. The zero-order chi connectivity index (χ0) is 41.9. The number of imidazole rings is 1. The highest BCUT2D eigenvalue weighted by Crippen LogP contribution is 2.63. The molecule has 5 aromatic rings. The number of benzene rings is 2. The van der Waals surface area contributed by atoms with E-state index in [1.165, 1.54) is 0 Å². The minimum Gasteiger partial charge on any atom is -0.481 e. The molecule has 2 aliphatic carbocycles. The van der Waals surface area contributed by atoms with Crippen molar-refractivity contribution >= 4 is 40.1 Å². The number of anilines is 3. The lowest BCUT2D eigenvalue weighted by atomic mass is 9.80. The summed E-state index contributed by atoms with van der Waals surface area (Å²) >= 11 is 0. The molecule has 5 heterocycles. The Kier molecular flexibility index (Phi) is 10.4. The Morgan fingerprint density at radius 3 is 2.38 bits per heavy atom. The van der Waals surface area contributed by atoms with Gasteiger partial charge in [0.05, 0.1) is 22.7 Å². The van der Waals surface area contributed by atoms with Crippen molar-refractivity contribution in [2.75, 3.05) is 36.8 Å². The van der Waals surface area contributed by atoms with E-state index in [1.807, 2.05) is 61.9 Å². The molecule has 0 unspecified atom stereocenters. The maximum Gasteiger partial charge on any atom is 0.309 e. The number of carboxylic acids is 1. The second kappa shape index (κ2) is 15.6. The van der Waals surface area contributed by atoms with Gasteiger partial charge in [-0.25, -0.2) is 23.7 Å². The van der Waals surface area contributed by atoms with Gasteiger partial charge in [-0.15, -0.1) is 0 Å². The third kappa shape index (κ3) is 7.40. The lowest BCUT2D eigenvalue weighted by Gasteiger charge is -2.32. The summed E-state index contributed by atoms with van der Waals surface area (Å²) in [7, 11) is 1.89. The molecule has 4 aliphatic rings. The van der Waals surface area contributed by atoms with Crippen molar-refractivity contribution in [3.8, 4) is 11.1 Å². The van der Waals surface area contributed by atoms with Gasteiger partial charge in [-0.2, -0.15) is 0 Å². The highest BCUT2D eigenvalue weighted by Gasteiger charge is 2.57. The number of aromatic nitrogens is 5. The van der Waals surface area contributed by atoms with E-state index < -0.39 is 23.6 Å². The smallest absolute Gasteiger partial charge is 0.309 e. The van der Waals surface area contributed by atoms with Gasteiger partial charge in [0.15, 0.2) is 17.5 Å². The molecule has 2 saturated carbocycles. The highest BCUT2D eigenvalue weighted by atomic mass is 19.3. The van der Waals surface area contributed by atoms with E-state index in [1.54, 1.807) is 12.3 Å². The normalized spacial score (nSPS) is 22.8. The van der Waals surface area contributed by atoms with Crippen LogP contribution < -0.4 is 10.6 Å². The number of nitrogens with zero attached hydrogens (tertiary/aromatic N) is 7. The van der Waals surface area contributed by atoms with E-state index >= 15 is 0 Å². The lowest BCUT2D eigenvalue weighted by molar-refractivity contribution is -0.148. The van der Waals surface area contributed by atoms with Gasteiger partial charge in [0.2, 0.25) is 0 Å². The van der Waals surface area contributed by atoms with Crippen LogP contribution in [-0.2, 0) is 31.4 Å². The standard InChI is InChI=1S/C45H51F2N9O4/c1-26-30(6-4-8-32(26)49-39-37-34(50-40(53-39)38(46)47)20-28(21-48-37)22-56-17-10-29(57)23-56)31-7-5-9-33(27(31)2)52-42(58)41-51-35-24-55(18-11-36(35)54(41)3)19-16-44-12-14-45(25-44,15-13-44)43(59)60/h4-9,20-21,29,38,57H,10-19,22-25H2,1-3H3,(H,52,58)(H,59,60)(H,49,50,53)/t29-,44?,45?/m1/s1. The molecule has 0 spiro atoms. The second-order valence-electron chi connectivity index (χ2n) is 17.6. The number of carbonyl (C=O) groups is 2. The van der Waals surface area contributed by atoms with E-state index in [-0.39, 0.29) is 23.2 Å². The molecule has 60 heavy (non-hydrogen) atoms. The summed E-state index contributed by atoms with van der Waals surface area (Å²) in [4.78, 5) is 48.2. The van der Waals surface area contributed by atoms with E-state index in [0.29, 0.717) is 54.3 Å². The predicted molar refractivity (Wildman–Crippen MR) is 223 cm³/mol. The van der Waals surface area contributed by atoms with Crippen molar-refractivity contribution in [1.29, 1.82) is 0 Å². The van der Waals surface area contributed by atoms with Crippen LogP contribution in [0.1, 0.15) is 95.9 Å². The van der Waals surface area contributed by atoms with Gasteiger partial charge in [-0.1, -0.05) is 24.3 Å². The Morgan fingerprint density at radius 1 is 0.967 bits per heavy atom. The molecule has 2 aromatic carbocycles. The van der Waals surface area contributed by atoms with Crippen molar-refractivity contribution < 1.29 is 28.6 Å². The maximum absolute atomic E-state index is 14.1. The molecule has 9 rings (SSSR count). The minimum absolute atomic E-state index is 0.130. The Balaban J connectivity index is 0.907. The molecule has 15 heteroatoms. The Bertz CT molecular complexity index is 2500. The van der Waals surface area contributed by atoms with Crippen LogP contribution in [0, 0.1) is 24.7 Å². The zero-order valence-electron chi connectivity index (χ0n) is 34.3. The zero-order valence-corrected chi connectivity index (χ0v) is 34.3. The number of carboxylic acid groups (broad SMARTS) is 1. The fourth-order valence-corrected chi connectivity index (χ4v) is 10.3. The molecular formula is C45H51F2N9O4. The number of fused-ring (bicyclic) bond motifs is 4. The molecule has 1 amide bonds. The number of hydrogen-bond donors (Lipinski definition) is 4. The molecule has 3 fully saturated rings. The predicted octanol–water partition coefficient (Wildman–Crippen LogP) is 7.33. The van der Waals surface area contributed by atoms with Crippen molar-refractivity contribution in [2.24, 2.45) is 17.9 Å². The van der Waals surface area contributed by atoms with Crippen LogP contribution in [0.15, 0.2) is 48.7 Å². The number of aliphatic carboxylic acids is 1. The van der Waals surface area contributed by atoms with E-state index in [4.69, 9.17) is 4.98 Å². The third-order valence-corrected chi connectivity index (χ3v) is 13.8. The average molecular weight is 820 g/mol. The number of hydrogen-bond acceptors (Lipinski definition) is 10. The molecule has 314 valence electrons. The van der Waals surface area contributed by atoms with Crippen molar-refractivity contribution in [3.05, 3.63) is 88.4 Å². The molecule has 0 radical (unpaired) electrons. The van der Waals surface area contributed by atoms with Crippen molar-refractivity contribution in [2.45, 2.75) is 90.8 Å². The molecule has 1 atom stereocenters. The number of halogens is 2. The van der Waals surface area contributed by atoms with Gasteiger partial charge >= 0.3 is 5.97 Å². The summed E-state index contributed by atoms with van der Waals surface area (Å²) in [6, 6.07) is 13.2.